The fourth-order valence-electron chi connectivity index (χ4n) is 3.41. The Labute approximate surface area is 145 Å². The molecule has 2 aliphatic rings. The number of ether oxygens (including phenoxy) is 1. The summed E-state index contributed by atoms with van der Waals surface area (Å²) >= 11 is 0. The molecule has 8 heteroatoms. The average molecular weight is 343 g/mol. The number of aliphatic hydroxyl groups is 1. The summed E-state index contributed by atoms with van der Waals surface area (Å²) in [5, 5.41) is 24.9. The summed E-state index contributed by atoms with van der Waals surface area (Å²) in [5.74, 6) is 1.78. The van der Waals surface area contributed by atoms with Crippen molar-refractivity contribution in [2.75, 3.05) is 13.7 Å². The second-order valence-electron chi connectivity index (χ2n) is 7.36. The topological polar surface area (TPSA) is 102 Å². The number of aromatic nitrogens is 4. The SMILES string of the molecule is COc1ccc(-n2nc(C(=O)NC(C)(C)CO)c3c2[C@@H]2C[C@@H]2C3)nn1. The van der Waals surface area contributed by atoms with Gasteiger partial charge in [0.25, 0.3) is 5.91 Å². The number of methoxy groups -OCH3 is 1. The van der Waals surface area contributed by atoms with E-state index in [9.17, 15) is 9.90 Å². The molecule has 2 aliphatic carbocycles. The summed E-state index contributed by atoms with van der Waals surface area (Å²) in [5.41, 5.74) is 1.78. The van der Waals surface area contributed by atoms with Crippen molar-refractivity contribution in [3.05, 3.63) is 29.1 Å². The fraction of sp³-hybridized carbons (Fsp3) is 0.529. The van der Waals surface area contributed by atoms with E-state index < -0.39 is 5.54 Å². The Morgan fingerprint density at radius 1 is 1.44 bits per heavy atom. The maximum Gasteiger partial charge on any atom is 0.272 e. The molecule has 0 radical (unpaired) electrons. The van der Waals surface area contributed by atoms with Crippen LogP contribution < -0.4 is 10.1 Å². The minimum atomic E-state index is -0.699. The molecule has 2 aromatic heterocycles. The number of nitrogens with zero attached hydrogens (tertiary/aromatic N) is 4. The van der Waals surface area contributed by atoms with Crippen molar-refractivity contribution >= 4 is 5.91 Å². The molecule has 2 aromatic rings. The van der Waals surface area contributed by atoms with Crippen LogP contribution in [0.1, 0.15) is 47.9 Å². The second-order valence-corrected chi connectivity index (χ2v) is 7.36. The summed E-state index contributed by atoms with van der Waals surface area (Å²) in [7, 11) is 1.54. The molecule has 132 valence electrons. The van der Waals surface area contributed by atoms with E-state index in [4.69, 9.17) is 4.74 Å². The maximum atomic E-state index is 12.7. The van der Waals surface area contributed by atoms with Crippen LogP contribution in [0.25, 0.3) is 5.82 Å². The molecule has 1 amide bonds. The monoisotopic (exact) mass is 343 g/mol. The molecular weight excluding hydrogens is 322 g/mol. The Morgan fingerprint density at radius 3 is 2.88 bits per heavy atom. The Balaban J connectivity index is 1.73. The molecule has 0 saturated heterocycles. The number of hydrogen-bond donors (Lipinski definition) is 2. The third-order valence-corrected chi connectivity index (χ3v) is 4.88. The van der Waals surface area contributed by atoms with Crippen molar-refractivity contribution in [3.63, 3.8) is 0 Å². The van der Waals surface area contributed by atoms with E-state index in [1.54, 1.807) is 30.7 Å². The molecule has 2 atom stereocenters. The number of carbonyl (C=O) groups is 1. The number of fused-ring (bicyclic) bond motifs is 3. The lowest BCUT2D eigenvalue weighted by molar-refractivity contribution is 0.0863. The first-order chi connectivity index (χ1) is 11.9. The van der Waals surface area contributed by atoms with Gasteiger partial charge in [-0.25, -0.2) is 4.68 Å². The second kappa shape index (κ2) is 5.52. The Bertz CT molecular complexity index is 828. The van der Waals surface area contributed by atoms with Gasteiger partial charge in [-0.05, 0) is 38.7 Å². The van der Waals surface area contributed by atoms with Crippen LogP contribution in [0, 0.1) is 5.92 Å². The molecule has 2 heterocycles. The molecule has 0 aromatic carbocycles. The molecule has 0 bridgehead atoms. The van der Waals surface area contributed by atoms with Gasteiger partial charge in [-0.3, -0.25) is 4.79 Å². The summed E-state index contributed by atoms with van der Waals surface area (Å²) in [4.78, 5) is 12.7. The Kier molecular flexibility index (Phi) is 3.54. The van der Waals surface area contributed by atoms with Crippen molar-refractivity contribution in [2.45, 2.75) is 38.1 Å². The lowest BCUT2D eigenvalue weighted by Crippen LogP contribution is -2.46. The smallest absolute Gasteiger partial charge is 0.272 e. The van der Waals surface area contributed by atoms with E-state index in [1.807, 2.05) is 0 Å². The molecule has 2 N–H and O–H groups in total. The van der Waals surface area contributed by atoms with Crippen molar-refractivity contribution in [1.29, 1.82) is 0 Å². The summed E-state index contributed by atoms with van der Waals surface area (Å²) in [6.45, 7) is 3.40. The van der Waals surface area contributed by atoms with Gasteiger partial charge >= 0.3 is 0 Å². The molecular formula is C17H21N5O3. The first-order valence-electron chi connectivity index (χ1n) is 8.37. The van der Waals surface area contributed by atoms with Crippen LogP contribution in [0.3, 0.4) is 0 Å². The Morgan fingerprint density at radius 2 is 2.24 bits per heavy atom. The maximum absolute atomic E-state index is 12.7. The molecule has 25 heavy (non-hydrogen) atoms. The lowest BCUT2D eigenvalue weighted by Gasteiger charge is -2.23. The predicted molar refractivity (Wildman–Crippen MR) is 88.9 cm³/mol. The van der Waals surface area contributed by atoms with Crippen LogP contribution in [0.4, 0.5) is 0 Å². The van der Waals surface area contributed by atoms with E-state index in [0.29, 0.717) is 29.2 Å². The number of nitrogens with one attached hydrogen (secondary N) is 1. The zero-order valence-electron chi connectivity index (χ0n) is 14.5. The van der Waals surface area contributed by atoms with Crippen molar-refractivity contribution < 1.29 is 14.6 Å². The Hall–Kier alpha value is -2.48. The van der Waals surface area contributed by atoms with Gasteiger partial charge in [0, 0.05) is 17.5 Å². The molecule has 0 unspecified atom stereocenters. The molecule has 4 rings (SSSR count). The normalized spacial score (nSPS) is 20.8. The third kappa shape index (κ3) is 2.66. The highest BCUT2D eigenvalue weighted by Crippen LogP contribution is 2.57. The van der Waals surface area contributed by atoms with Crippen molar-refractivity contribution in [2.24, 2.45) is 5.92 Å². The van der Waals surface area contributed by atoms with E-state index in [1.165, 1.54) is 7.11 Å². The van der Waals surface area contributed by atoms with E-state index in [2.05, 4.69) is 20.6 Å². The van der Waals surface area contributed by atoms with Gasteiger partial charge in [0.15, 0.2) is 11.5 Å². The molecule has 0 spiro atoms. The van der Waals surface area contributed by atoms with Crippen LogP contribution in [0.15, 0.2) is 12.1 Å². The number of aliphatic hydroxyl groups excluding tert-OH is 1. The fourth-order valence-corrected chi connectivity index (χ4v) is 3.41. The van der Waals surface area contributed by atoms with Gasteiger partial charge in [-0.15, -0.1) is 10.2 Å². The average Bonchev–Trinajstić information content (AvgIpc) is 3.10. The molecule has 0 aliphatic heterocycles. The van der Waals surface area contributed by atoms with Crippen LogP contribution in [0.5, 0.6) is 5.88 Å². The van der Waals surface area contributed by atoms with Gasteiger partial charge < -0.3 is 15.2 Å². The summed E-state index contributed by atoms with van der Waals surface area (Å²) in [6.07, 6.45) is 2.00. The first kappa shape index (κ1) is 16.0. The van der Waals surface area contributed by atoms with Gasteiger partial charge in [-0.1, -0.05) is 0 Å². The predicted octanol–water partition coefficient (Wildman–Crippen LogP) is 0.831. The quantitative estimate of drug-likeness (QED) is 0.834. The zero-order chi connectivity index (χ0) is 17.8. The number of rotatable bonds is 5. The van der Waals surface area contributed by atoms with Crippen LogP contribution >= 0.6 is 0 Å². The van der Waals surface area contributed by atoms with Gasteiger partial charge in [0.1, 0.15) is 0 Å². The minimum Gasteiger partial charge on any atom is -0.480 e. The summed E-state index contributed by atoms with van der Waals surface area (Å²) < 4.78 is 6.78. The van der Waals surface area contributed by atoms with Gasteiger partial charge in [0.05, 0.1) is 24.9 Å². The summed E-state index contributed by atoms with van der Waals surface area (Å²) in [6, 6.07) is 3.51. The largest absolute Gasteiger partial charge is 0.480 e. The van der Waals surface area contributed by atoms with E-state index in [-0.39, 0.29) is 12.5 Å². The zero-order valence-corrected chi connectivity index (χ0v) is 14.5. The molecule has 1 fully saturated rings. The highest BCUT2D eigenvalue weighted by molar-refractivity contribution is 5.95. The van der Waals surface area contributed by atoms with Crippen LogP contribution in [-0.2, 0) is 6.42 Å². The van der Waals surface area contributed by atoms with Gasteiger partial charge in [-0.2, -0.15) is 5.10 Å². The van der Waals surface area contributed by atoms with E-state index >= 15 is 0 Å². The van der Waals surface area contributed by atoms with Crippen LogP contribution in [0.2, 0.25) is 0 Å². The van der Waals surface area contributed by atoms with E-state index in [0.717, 1.165) is 24.1 Å². The van der Waals surface area contributed by atoms with Crippen LogP contribution in [-0.4, -0.2) is 50.2 Å². The molecule has 1 saturated carbocycles. The highest BCUT2D eigenvalue weighted by atomic mass is 16.5. The standard InChI is InChI=1S/C17H21N5O3/c1-17(2,8-23)18-16(24)14-11-7-9-6-10(9)15(11)22(21-14)12-4-5-13(25-3)20-19-12/h4-5,9-10,23H,6-8H2,1-3H3,(H,18,24)/t9-,10-/m1/s1. The highest BCUT2D eigenvalue weighted by Gasteiger charge is 2.50. The van der Waals surface area contributed by atoms with Gasteiger partial charge in [0.2, 0.25) is 5.88 Å². The van der Waals surface area contributed by atoms with Crippen molar-refractivity contribution in [3.8, 4) is 11.7 Å². The minimum absolute atomic E-state index is 0.142. The number of carbonyl (C=O) groups excluding carboxylic acids is 1. The third-order valence-electron chi connectivity index (χ3n) is 4.88. The lowest BCUT2D eigenvalue weighted by atomic mass is 10.1. The van der Waals surface area contributed by atoms with Crippen molar-refractivity contribution in [1.82, 2.24) is 25.3 Å². The number of hydrogen-bond acceptors (Lipinski definition) is 6. The number of amides is 1. The first-order valence-corrected chi connectivity index (χ1v) is 8.37. The molecule has 8 nitrogen and oxygen atoms in total.